The molecule has 0 aromatic heterocycles. The predicted octanol–water partition coefficient (Wildman–Crippen LogP) is 2.97. The summed E-state index contributed by atoms with van der Waals surface area (Å²) in [5.41, 5.74) is 8.11. The van der Waals surface area contributed by atoms with E-state index in [1.807, 2.05) is 25.1 Å². The number of rotatable bonds is 5. The predicted molar refractivity (Wildman–Crippen MR) is 100 cm³/mol. The molecule has 1 saturated heterocycles. The number of carbonyl (C=O) groups is 1. The first-order valence-corrected chi connectivity index (χ1v) is 8.86. The van der Waals surface area contributed by atoms with Crippen LogP contribution in [0.15, 0.2) is 48.5 Å². The molecule has 6 nitrogen and oxygen atoms in total. The topological polar surface area (TPSA) is 89.5 Å². The van der Waals surface area contributed by atoms with Gasteiger partial charge in [0.2, 0.25) is 0 Å². The minimum absolute atomic E-state index is 0.00697. The molecule has 3 rings (SSSR count). The molecule has 0 saturated carbocycles. The van der Waals surface area contributed by atoms with Crippen LogP contribution >= 0.6 is 0 Å². The van der Waals surface area contributed by atoms with Gasteiger partial charge in [-0.3, -0.25) is 14.9 Å². The molecule has 1 heterocycles. The van der Waals surface area contributed by atoms with Crippen LogP contribution in [0, 0.1) is 16.0 Å². The zero-order chi connectivity index (χ0) is 18.7. The summed E-state index contributed by atoms with van der Waals surface area (Å²) < 4.78 is 0. The molecule has 26 heavy (non-hydrogen) atoms. The Morgan fingerprint density at radius 3 is 2.58 bits per heavy atom. The fourth-order valence-electron chi connectivity index (χ4n) is 3.70. The number of nitro groups is 1. The lowest BCUT2D eigenvalue weighted by molar-refractivity contribution is -0.385. The summed E-state index contributed by atoms with van der Waals surface area (Å²) in [6.07, 6.45) is 0.555. The third kappa shape index (κ3) is 3.46. The molecule has 1 aliphatic heterocycles. The SMILES string of the molecule is CCc1ccc(C(=O)N2C[C@@H](CN)[C@H](c3ccccc3)C2)cc1[N+](=O)[O-]. The number of nitrogens with zero attached hydrogens (tertiary/aromatic N) is 2. The van der Waals surface area contributed by atoms with E-state index < -0.39 is 4.92 Å². The van der Waals surface area contributed by atoms with Gasteiger partial charge in [0.15, 0.2) is 0 Å². The summed E-state index contributed by atoms with van der Waals surface area (Å²) in [6, 6.07) is 14.8. The molecule has 2 N–H and O–H groups in total. The van der Waals surface area contributed by atoms with E-state index in [2.05, 4.69) is 12.1 Å². The molecule has 0 aliphatic carbocycles. The Bertz CT molecular complexity index is 807. The minimum atomic E-state index is -0.422. The summed E-state index contributed by atoms with van der Waals surface area (Å²) in [7, 11) is 0. The van der Waals surface area contributed by atoms with Crippen molar-refractivity contribution in [3.05, 3.63) is 75.3 Å². The largest absolute Gasteiger partial charge is 0.338 e. The van der Waals surface area contributed by atoms with Crippen molar-refractivity contribution in [3.63, 3.8) is 0 Å². The number of likely N-dealkylation sites (tertiary alicyclic amines) is 1. The molecule has 2 atom stereocenters. The monoisotopic (exact) mass is 353 g/mol. The first kappa shape index (κ1) is 18.1. The summed E-state index contributed by atoms with van der Waals surface area (Å²) in [5, 5.41) is 11.3. The Morgan fingerprint density at radius 2 is 1.96 bits per heavy atom. The average Bonchev–Trinajstić information content (AvgIpc) is 3.12. The second kappa shape index (κ2) is 7.66. The van der Waals surface area contributed by atoms with Crippen molar-refractivity contribution in [2.75, 3.05) is 19.6 Å². The first-order valence-electron chi connectivity index (χ1n) is 8.86. The van der Waals surface area contributed by atoms with E-state index in [-0.39, 0.29) is 23.4 Å². The second-order valence-electron chi connectivity index (χ2n) is 6.68. The van der Waals surface area contributed by atoms with Crippen LogP contribution in [-0.4, -0.2) is 35.4 Å². The summed E-state index contributed by atoms with van der Waals surface area (Å²) >= 11 is 0. The number of benzene rings is 2. The molecular formula is C20H23N3O3. The highest BCUT2D eigenvalue weighted by Gasteiger charge is 2.36. The molecule has 1 fully saturated rings. The molecular weight excluding hydrogens is 330 g/mol. The van der Waals surface area contributed by atoms with E-state index in [4.69, 9.17) is 5.73 Å². The van der Waals surface area contributed by atoms with E-state index in [0.29, 0.717) is 37.2 Å². The van der Waals surface area contributed by atoms with E-state index in [0.717, 1.165) is 0 Å². The molecule has 6 heteroatoms. The van der Waals surface area contributed by atoms with E-state index in [1.165, 1.54) is 11.6 Å². The van der Waals surface area contributed by atoms with Crippen molar-refractivity contribution in [2.24, 2.45) is 11.7 Å². The Balaban J connectivity index is 1.84. The van der Waals surface area contributed by atoms with Gasteiger partial charge in [-0.1, -0.05) is 43.3 Å². The summed E-state index contributed by atoms with van der Waals surface area (Å²) in [4.78, 5) is 25.5. The number of carbonyl (C=O) groups excluding carboxylic acids is 1. The molecule has 0 unspecified atom stereocenters. The van der Waals surface area contributed by atoms with Crippen molar-refractivity contribution in [1.82, 2.24) is 4.90 Å². The van der Waals surface area contributed by atoms with Crippen LogP contribution in [0.4, 0.5) is 5.69 Å². The van der Waals surface area contributed by atoms with Crippen molar-refractivity contribution in [2.45, 2.75) is 19.3 Å². The molecule has 0 bridgehead atoms. The Labute approximate surface area is 152 Å². The van der Waals surface area contributed by atoms with Crippen LogP contribution in [0.1, 0.15) is 34.3 Å². The fraction of sp³-hybridized carbons (Fsp3) is 0.350. The Hall–Kier alpha value is -2.73. The van der Waals surface area contributed by atoms with Crippen LogP contribution in [0.2, 0.25) is 0 Å². The molecule has 0 spiro atoms. The number of hydrogen-bond donors (Lipinski definition) is 1. The highest BCUT2D eigenvalue weighted by atomic mass is 16.6. The van der Waals surface area contributed by atoms with Gasteiger partial charge in [-0.15, -0.1) is 0 Å². The van der Waals surface area contributed by atoms with Gasteiger partial charge in [0.25, 0.3) is 11.6 Å². The first-order chi connectivity index (χ1) is 12.5. The highest BCUT2D eigenvalue weighted by molar-refractivity contribution is 5.95. The van der Waals surface area contributed by atoms with E-state index in [9.17, 15) is 14.9 Å². The summed E-state index contributed by atoms with van der Waals surface area (Å²) in [5.74, 6) is 0.203. The number of amides is 1. The molecule has 2 aromatic rings. The second-order valence-corrected chi connectivity index (χ2v) is 6.68. The minimum Gasteiger partial charge on any atom is -0.338 e. The number of aryl methyl sites for hydroxylation is 1. The van der Waals surface area contributed by atoms with Crippen LogP contribution in [0.25, 0.3) is 0 Å². The lowest BCUT2D eigenvalue weighted by atomic mass is 9.89. The van der Waals surface area contributed by atoms with Gasteiger partial charge in [-0.25, -0.2) is 0 Å². The average molecular weight is 353 g/mol. The molecule has 2 aromatic carbocycles. The molecule has 0 radical (unpaired) electrons. The van der Waals surface area contributed by atoms with Gasteiger partial charge in [0.05, 0.1) is 4.92 Å². The third-order valence-corrected chi connectivity index (χ3v) is 5.17. The van der Waals surface area contributed by atoms with Crippen molar-refractivity contribution < 1.29 is 9.72 Å². The molecule has 1 amide bonds. The van der Waals surface area contributed by atoms with Gasteiger partial charge < -0.3 is 10.6 Å². The maximum atomic E-state index is 12.9. The Morgan fingerprint density at radius 1 is 1.23 bits per heavy atom. The van der Waals surface area contributed by atoms with Gasteiger partial charge >= 0.3 is 0 Å². The summed E-state index contributed by atoms with van der Waals surface area (Å²) in [6.45, 7) is 3.51. The zero-order valence-corrected chi connectivity index (χ0v) is 14.8. The number of nitrogens with two attached hydrogens (primary N) is 1. The standard InChI is InChI=1S/C20H23N3O3/c1-2-14-8-9-16(10-19(14)23(25)26)20(24)22-12-17(11-21)18(13-22)15-6-4-3-5-7-15/h3-10,17-18H,2,11-13,21H2,1H3/t17-,18+/m1/s1. The molecule has 1 aliphatic rings. The number of hydrogen-bond acceptors (Lipinski definition) is 4. The van der Waals surface area contributed by atoms with E-state index >= 15 is 0 Å². The van der Waals surface area contributed by atoms with Crippen molar-refractivity contribution in [1.29, 1.82) is 0 Å². The van der Waals surface area contributed by atoms with Gasteiger partial charge in [0.1, 0.15) is 0 Å². The van der Waals surface area contributed by atoms with Crippen LogP contribution in [0.5, 0.6) is 0 Å². The normalized spacial score (nSPS) is 19.5. The highest BCUT2D eigenvalue weighted by Crippen LogP contribution is 2.33. The van der Waals surface area contributed by atoms with Gasteiger partial charge in [-0.2, -0.15) is 0 Å². The third-order valence-electron chi connectivity index (χ3n) is 5.17. The molecule has 136 valence electrons. The number of nitro benzene ring substituents is 1. The maximum Gasteiger partial charge on any atom is 0.273 e. The van der Waals surface area contributed by atoms with Gasteiger partial charge in [0, 0.05) is 36.2 Å². The Kier molecular flexibility index (Phi) is 5.32. The maximum absolute atomic E-state index is 12.9. The quantitative estimate of drug-likeness (QED) is 0.661. The van der Waals surface area contributed by atoms with Crippen molar-refractivity contribution >= 4 is 11.6 Å². The van der Waals surface area contributed by atoms with Crippen molar-refractivity contribution in [3.8, 4) is 0 Å². The van der Waals surface area contributed by atoms with Crippen LogP contribution < -0.4 is 5.73 Å². The van der Waals surface area contributed by atoms with E-state index in [1.54, 1.807) is 17.0 Å². The lowest BCUT2D eigenvalue weighted by Gasteiger charge is -2.17. The lowest BCUT2D eigenvalue weighted by Crippen LogP contribution is -2.29. The van der Waals surface area contributed by atoms with Gasteiger partial charge in [-0.05, 0) is 30.5 Å². The zero-order valence-electron chi connectivity index (χ0n) is 14.8. The fourth-order valence-corrected chi connectivity index (χ4v) is 3.70. The smallest absolute Gasteiger partial charge is 0.273 e. The van der Waals surface area contributed by atoms with Crippen LogP contribution in [0.3, 0.4) is 0 Å². The van der Waals surface area contributed by atoms with Crippen LogP contribution in [-0.2, 0) is 6.42 Å².